The van der Waals surface area contributed by atoms with Gasteiger partial charge >= 0.3 is 0 Å². The highest BCUT2D eigenvalue weighted by molar-refractivity contribution is 6.02. The average molecular weight is 469 g/mol. The van der Waals surface area contributed by atoms with Gasteiger partial charge in [-0.2, -0.15) is 0 Å². The molecule has 0 aliphatic carbocycles. The van der Waals surface area contributed by atoms with Crippen molar-refractivity contribution in [3.63, 3.8) is 0 Å². The summed E-state index contributed by atoms with van der Waals surface area (Å²) in [5.41, 5.74) is 4.90. The normalized spacial score (nSPS) is 10.9. The monoisotopic (exact) mass is 468 g/mol. The highest BCUT2D eigenvalue weighted by Crippen LogP contribution is 2.30. The van der Waals surface area contributed by atoms with Crippen molar-refractivity contribution in [3.05, 3.63) is 101 Å². The number of fused-ring (bicyclic) bond motifs is 1. The minimum absolute atomic E-state index is 0.0351. The van der Waals surface area contributed by atoms with E-state index in [1.165, 1.54) is 12.1 Å². The van der Waals surface area contributed by atoms with Gasteiger partial charge in [0.2, 0.25) is 0 Å². The van der Waals surface area contributed by atoms with Crippen LogP contribution in [-0.2, 0) is 6.42 Å². The van der Waals surface area contributed by atoms with Gasteiger partial charge in [0.25, 0.3) is 5.91 Å². The van der Waals surface area contributed by atoms with E-state index in [9.17, 15) is 14.0 Å². The number of nitrogens with zero attached hydrogens (tertiary/aromatic N) is 1. The summed E-state index contributed by atoms with van der Waals surface area (Å²) in [6, 6.07) is 20.4. The van der Waals surface area contributed by atoms with Crippen molar-refractivity contribution in [2.75, 3.05) is 6.54 Å². The van der Waals surface area contributed by atoms with Gasteiger partial charge in [0.05, 0.1) is 11.1 Å². The second-order valence-corrected chi connectivity index (χ2v) is 8.63. The van der Waals surface area contributed by atoms with Gasteiger partial charge < -0.3 is 5.32 Å². The van der Waals surface area contributed by atoms with Crippen LogP contribution in [0.3, 0.4) is 0 Å². The average Bonchev–Trinajstić information content (AvgIpc) is 2.88. The number of unbranched alkanes of at least 4 members (excludes halogenated alkanes) is 1. The molecule has 0 saturated carbocycles. The van der Waals surface area contributed by atoms with Gasteiger partial charge in [-0.25, -0.2) is 4.39 Å². The van der Waals surface area contributed by atoms with Crippen molar-refractivity contribution in [2.24, 2.45) is 0 Å². The number of carbonyl (C=O) groups is 2. The summed E-state index contributed by atoms with van der Waals surface area (Å²) < 4.78 is 14.9. The summed E-state index contributed by atoms with van der Waals surface area (Å²) in [6.07, 6.45) is 4.45. The molecule has 0 bridgehead atoms. The Labute approximate surface area is 205 Å². The zero-order valence-electron chi connectivity index (χ0n) is 20.1. The first kappa shape index (κ1) is 24.3. The molecular formula is C30H29FN2O2. The van der Waals surface area contributed by atoms with E-state index >= 15 is 0 Å². The van der Waals surface area contributed by atoms with Crippen molar-refractivity contribution in [1.82, 2.24) is 10.3 Å². The SMILES string of the molecule is CCCCNC(=O)c1ccc(-c2ccc3ncc(C(=O)CC)c(Cc4ccccc4)c3c2)cc1F. The van der Waals surface area contributed by atoms with E-state index < -0.39 is 11.7 Å². The molecule has 0 fully saturated rings. The lowest BCUT2D eigenvalue weighted by Crippen LogP contribution is -2.25. The molecule has 0 spiro atoms. The molecule has 178 valence electrons. The van der Waals surface area contributed by atoms with Gasteiger partial charge in [-0.05, 0) is 59.4 Å². The minimum Gasteiger partial charge on any atom is -0.352 e. The van der Waals surface area contributed by atoms with Crippen molar-refractivity contribution >= 4 is 22.6 Å². The zero-order chi connectivity index (χ0) is 24.8. The topological polar surface area (TPSA) is 59.1 Å². The highest BCUT2D eigenvalue weighted by Gasteiger charge is 2.17. The number of rotatable bonds is 9. The fraction of sp³-hybridized carbons (Fsp3) is 0.233. The van der Waals surface area contributed by atoms with Crippen molar-refractivity contribution in [1.29, 1.82) is 0 Å². The molecule has 0 aliphatic rings. The van der Waals surface area contributed by atoms with E-state index in [1.807, 2.05) is 62.4 Å². The maximum atomic E-state index is 14.9. The molecule has 4 rings (SSSR count). The quantitative estimate of drug-likeness (QED) is 0.218. The molecule has 4 aromatic rings. The lowest BCUT2D eigenvalue weighted by Gasteiger charge is -2.14. The van der Waals surface area contributed by atoms with E-state index in [4.69, 9.17) is 0 Å². The first-order valence-electron chi connectivity index (χ1n) is 12.1. The smallest absolute Gasteiger partial charge is 0.254 e. The molecule has 0 atom stereocenters. The number of aromatic nitrogens is 1. The number of benzene rings is 3. The van der Waals surface area contributed by atoms with Crippen LogP contribution in [0.15, 0.2) is 72.9 Å². The molecule has 3 aromatic carbocycles. The molecule has 1 aromatic heterocycles. The van der Waals surface area contributed by atoms with Crippen LogP contribution in [0.5, 0.6) is 0 Å². The van der Waals surface area contributed by atoms with Crippen LogP contribution >= 0.6 is 0 Å². The summed E-state index contributed by atoms with van der Waals surface area (Å²) in [7, 11) is 0. The molecule has 0 unspecified atom stereocenters. The highest BCUT2D eigenvalue weighted by atomic mass is 19.1. The van der Waals surface area contributed by atoms with Gasteiger partial charge in [0, 0.05) is 30.1 Å². The Balaban J connectivity index is 1.75. The molecule has 0 radical (unpaired) electrons. The van der Waals surface area contributed by atoms with Gasteiger partial charge in [0.1, 0.15) is 5.82 Å². The van der Waals surface area contributed by atoms with Gasteiger partial charge in [-0.1, -0.05) is 62.7 Å². The van der Waals surface area contributed by atoms with Crippen molar-refractivity contribution in [3.8, 4) is 11.1 Å². The van der Waals surface area contributed by atoms with Crippen LogP contribution in [0.2, 0.25) is 0 Å². The first-order valence-corrected chi connectivity index (χ1v) is 12.1. The third-order valence-corrected chi connectivity index (χ3v) is 6.19. The second-order valence-electron chi connectivity index (χ2n) is 8.63. The molecule has 0 aliphatic heterocycles. The Morgan fingerprint density at radius 2 is 1.66 bits per heavy atom. The van der Waals surface area contributed by atoms with Gasteiger partial charge in [0.15, 0.2) is 5.78 Å². The van der Waals surface area contributed by atoms with E-state index in [-0.39, 0.29) is 11.3 Å². The van der Waals surface area contributed by atoms with Crippen LogP contribution < -0.4 is 5.32 Å². The van der Waals surface area contributed by atoms with E-state index in [0.29, 0.717) is 30.5 Å². The van der Waals surface area contributed by atoms with Gasteiger partial charge in [-0.15, -0.1) is 0 Å². The molecule has 5 heteroatoms. The second kappa shape index (κ2) is 11.0. The Hall–Kier alpha value is -3.86. The largest absolute Gasteiger partial charge is 0.352 e. The number of amides is 1. The van der Waals surface area contributed by atoms with E-state index in [2.05, 4.69) is 10.3 Å². The summed E-state index contributed by atoms with van der Waals surface area (Å²) in [6.45, 7) is 4.40. The predicted molar refractivity (Wildman–Crippen MR) is 138 cm³/mol. The molecule has 1 amide bonds. The molecule has 0 saturated heterocycles. The van der Waals surface area contributed by atoms with Crippen molar-refractivity contribution in [2.45, 2.75) is 39.5 Å². The molecule has 1 N–H and O–H groups in total. The third-order valence-electron chi connectivity index (χ3n) is 6.19. The molecule has 1 heterocycles. The molecular weight excluding hydrogens is 439 g/mol. The predicted octanol–water partition coefficient (Wildman–Crippen LogP) is 6.75. The number of halogens is 1. The number of hydrogen-bond donors (Lipinski definition) is 1. The zero-order valence-corrected chi connectivity index (χ0v) is 20.1. The number of pyridine rings is 1. The number of hydrogen-bond acceptors (Lipinski definition) is 3. The third kappa shape index (κ3) is 5.46. The van der Waals surface area contributed by atoms with Crippen LogP contribution in [0.4, 0.5) is 4.39 Å². The maximum Gasteiger partial charge on any atom is 0.254 e. The summed E-state index contributed by atoms with van der Waals surface area (Å²) in [5, 5.41) is 3.63. The van der Waals surface area contributed by atoms with E-state index in [1.54, 1.807) is 12.3 Å². The first-order chi connectivity index (χ1) is 17.0. The number of nitrogens with one attached hydrogen (secondary N) is 1. The fourth-order valence-corrected chi connectivity index (χ4v) is 4.20. The van der Waals surface area contributed by atoms with Crippen LogP contribution in [0.25, 0.3) is 22.0 Å². The van der Waals surface area contributed by atoms with Crippen LogP contribution in [0.1, 0.15) is 65.0 Å². The minimum atomic E-state index is -0.561. The summed E-state index contributed by atoms with van der Waals surface area (Å²) in [5.74, 6) is -0.924. The maximum absolute atomic E-state index is 14.9. The number of carbonyl (C=O) groups excluding carboxylic acids is 2. The Kier molecular flexibility index (Phi) is 7.66. The summed E-state index contributed by atoms with van der Waals surface area (Å²) >= 11 is 0. The van der Waals surface area contributed by atoms with Gasteiger partial charge in [-0.3, -0.25) is 14.6 Å². The van der Waals surface area contributed by atoms with Crippen molar-refractivity contribution < 1.29 is 14.0 Å². The lowest BCUT2D eigenvalue weighted by atomic mass is 9.92. The number of Topliss-reactive ketones (excluding diaryl/α,β-unsaturated/α-hetero) is 1. The fourth-order valence-electron chi connectivity index (χ4n) is 4.20. The van der Waals surface area contributed by atoms with Crippen LogP contribution in [-0.4, -0.2) is 23.2 Å². The van der Waals surface area contributed by atoms with Crippen LogP contribution in [0, 0.1) is 5.82 Å². The molecule has 4 nitrogen and oxygen atoms in total. The Morgan fingerprint density at radius 3 is 2.37 bits per heavy atom. The summed E-state index contributed by atoms with van der Waals surface area (Å²) in [4.78, 5) is 29.6. The standard InChI is InChI=1S/C30H29FN2O2/c1-3-5-15-32-30(35)23-13-11-22(18-27(23)31)21-12-14-28-25(17-21)24(16-20-9-7-6-8-10-20)26(19-33-28)29(34)4-2/h6-14,17-19H,3-5,15-16H2,1-2H3,(H,32,35). The van der Waals surface area contributed by atoms with E-state index in [0.717, 1.165) is 40.4 Å². The lowest BCUT2D eigenvalue weighted by molar-refractivity contribution is 0.0947. The number of ketones is 1. The Morgan fingerprint density at radius 1 is 0.914 bits per heavy atom. The molecule has 35 heavy (non-hydrogen) atoms. The Bertz CT molecular complexity index is 1370.